The summed E-state index contributed by atoms with van der Waals surface area (Å²) in [6.07, 6.45) is 1.65. The molecule has 6 heteroatoms. The van der Waals surface area contributed by atoms with E-state index < -0.39 is 0 Å². The van der Waals surface area contributed by atoms with Crippen LogP contribution in [0.4, 0.5) is 5.13 Å². The second-order valence-corrected chi connectivity index (χ2v) is 5.03. The van der Waals surface area contributed by atoms with Crippen LogP contribution in [0.15, 0.2) is 42.3 Å². The van der Waals surface area contributed by atoms with Crippen molar-refractivity contribution in [1.29, 1.82) is 0 Å². The smallest absolute Gasteiger partial charge is 0.257 e. The Kier molecular flexibility index (Phi) is 4.84. The van der Waals surface area contributed by atoms with Crippen molar-refractivity contribution in [2.45, 2.75) is 6.92 Å². The molecule has 0 atom stereocenters. The first-order valence-corrected chi connectivity index (χ1v) is 7.09. The molecule has 0 aliphatic carbocycles. The van der Waals surface area contributed by atoms with Gasteiger partial charge in [-0.3, -0.25) is 14.9 Å². The van der Waals surface area contributed by atoms with Crippen LogP contribution in [0.1, 0.15) is 27.8 Å². The Balaban J connectivity index is 2.02. The van der Waals surface area contributed by atoms with Crippen molar-refractivity contribution in [3.63, 3.8) is 0 Å². The Morgan fingerprint density at radius 1 is 1.38 bits per heavy atom. The van der Waals surface area contributed by atoms with E-state index in [4.69, 9.17) is 4.74 Å². The van der Waals surface area contributed by atoms with Gasteiger partial charge in [0.2, 0.25) is 0 Å². The Labute approximate surface area is 126 Å². The lowest BCUT2D eigenvalue weighted by molar-refractivity contribution is 0.100. The number of Topliss-reactive ketones (excluding diaryl/α,β-unsaturated/α-hetero) is 1. The van der Waals surface area contributed by atoms with Crippen molar-refractivity contribution in [1.82, 2.24) is 4.98 Å². The lowest BCUT2D eigenvalue weighted by atomic mass is 10.2. The van der Waals surface area contributed by atoms with Crippen molar-refractivity contribution in [3.05, 3.63) is 53.6 Å². The van der Waals surface area contributed by atoms with Crippen molar-refractivity contribution >= 4 is 28.2 Å². The molecular formula is C15H14N2O3S. The molecule has 0 spiro atoms. The van der Waals surface area contributed by atoms with E-state index in [1.165, 1.54) is 18.3 Å². The monoisotopic (exact) mass is 302 g/mol. The van der Waals surface area contributed by atoms with Gasteiger partial charge in [-0.1, -0.05) is 12.7 Å². The molecule has 1 aromatic heterocycles. The molecule has 0 saturated carbocycles. The molecule has 0 aliphatic heterocycles. The number of anilines is 1. The van der Waals surface area contributed by atoms with Crippen molar-refractivity contribution in [3.8, 4) is 5.75 Å². The molecule has 0 unspecified atom stereocenters. The van der Waals surface area contributed by atoms with Crippen LogP contribution in [0.5, 0.6) is 5.75 Å². The van der Waals surface area contributed by atoms with Crippen LogP contribution >= 0.6 is 11.3 Å². The molecule has 108 valence electrons. The Hall–Kier alpha value is -2.47. The molecule has 0 fully saturated rings. The van der Waals surface area contributed by atoms with E-state index in [9.17, 15) is 9.59 Å². The maximum absolute atomic E-state index is 12.0. The Bertz CT molecular complexity index is 662. The highest BCUT2D eigenvalue weighted by molar-refractivity contribution is 7.14. The topological polar surface area (TPSA) is 68.3 Å². The molecule has 2 rings (SSSR count). The van der Waals surface area contributed by atoms with E-state index in [-0.39, 0.29) is 11.7 Å². The number of hydrogen-bond acceptors (Lipinski definition) is 5. The third-order valence-electron chi connectivity index (χ3n) is 2.57. The number of aromatic nitrogens is 1. The summed E-state index contributed by atoms with van der Waals surface area (Å²) < 4.78 is 5.34. The molecular weight excluding hydrogens is 288 g/mol. The quantitative estimate of drug-likeness (QED) is 0.657. The molecule has 1 aromatic carbocycles. The predicted octanol–water partition coefficient (Wildman–Crippen LogP) is 3.16. The zero-order valence-electron chi connectivity index (χ0n) is 11.5. The fourth-order valence-corrected chi connectivity index (χ4v) is 2.26. The summed E-state index contributed by atoms with van der Waals surface area (Å²) in [4.78, 5) is 27.2. The second kappa shape index (κ2) is 6.81. The maximum Gasteiger partial charge on any atom is 0.257 e. The number of amides is 1. The van der Waals surface area contributed by atoms with Crippen molar-refractivity contribution in [2.75, 3.05) is 11.9 Å². The number of benzene rings is 1. The third kappa shape index (κ3) is 4.00. The third-order valence-corrected chi connectivity index (χ3v) is 3.33. The second-order valence-electron chi connectivity index (χ2n) is 4.17. The molecule has 21 heavy (non-hydrogen) atoms. The fourth-order valence-electron chi connectivity index (χ4n) is 1.52. The normalized spacial score (nSPS) is 9.95. The average Bonchev–Trinajstić information content (AvgIpc) is 2.94. The van der Waals surface area contributed by atoms with E-state index >= 15 is 0 Å². The van der Waals surface area contributed by atoms with Crippen LogP contribution in [-0.4, -0.2) is 23.3 Å². The zero-order valence-corrected chi connectivity index (χ0v) is 12.3. The number of carbonyl (C=O) groups excluding carboxylic acids is 2. The number of ether oxygens (including phenoxy) is 1. The van der Waals surface area contributed by atoms with Gasteiger partial charge in [-0.05, 0) is 24.3 Å². The van der Waals surface area contributed by atoms with Crippen LogP contribution in [0, 0.1) is 0 Å². The van der Waals surface area contributed by atoms with E-state index in [1.807, 2.05) is 0 Å². The van der Waals surface area contributed by atoms with E-state index in [2.05, 4.69) is 16.9 Å². The number of nitrogens with one attached hydrogen (secondary N) is 1. The molecule has 0 aliphatic rings. The van der Waals surface area contributed by atoms with Crippen LogP contribution < -0.4 is 10.1 Å². The standard InChI is InChI=1S/C15H14N2O3S/c1-3-8-20-12-6-4-11(5-7-12)14(19)17-15-16-13(9-21-15)10(2)18/h3-7,9H,1,8H2,2H3,(H,16,17,19). The number of ketones is 1. The Morgan fingerprint density at radius 2 is 2.10 bits per heavy atom. The van der Waals surface area contributed by atoms with Gasteiger partial charge < -0.3 is 4.74 Å². The zero-order chi connectivity index (χ0) is 15.2. The summed E-state index contributed by atoms with van der Waals surface area (Å²) in [6.45, 7) is 5.41. The highest BCUT2D eigenvalue weighted by atomic mass is 32.1. The molecule has 2 aromatic rings. The molecule has 0 radical (unpaired) electrons. The van der Waals surface area contributed by atoms with Crippen LogP contribution in [0.2, 0.25) is 0 Å². The molecule has 0 bridgehead atoms. The first-order chi connectivity index (χ1) is 10.1. The van der Waals surface area contributed by atoms with Gasteiger partial charge in [0.1, 0.15) is 18.1 Å². The van der Waals surface area contributed by atoms with Gasteiger partial charge in [0, 0.05) is 17.9 Å². The summed E-state index contributed by atoms with van der Waals surface area (Å²) in [5.74, 6) is 0.254. The van der Waals surface area contributed by atoms with Gasteiger partial charge in [-0.15, -0.1) is 11.3 Å². The largest absolute Gasteiger partial charge is 0.490 e. The van der Waals surface area contributed by atoms with E-state index in [1.54, 1.807) is 35.7 Å². The van der Waals surface area contributed by atoms with Crippen LogP contribution in [-0.2, 0) is 0 Å². The lowest BCUT2D eigenvalue weighted by Crippen LogP contribution is -2.11. The number of thiazole rings is 1. The average molecular weight is 302 g/mol. The van der Waals surface area contributed by atoms with Gasteiger partial charge in [0.05, 0.1) is 0 Å². The molecule has 0 saturated heterocycles. The molecule has 5 nitrogen and oxygen atoms in total. The number of nitrogens with zero attached hydrogens (tertiary/aromatic N) is 1. The summed E-state index contributed by atoms with van der Waals surface area (Å²) in [6, 6.07) is 6.74. The minimum Gasteiger partial charge on any atom is -0.490 e. The van der Waals surface area contributed by atoms with Crippen LogP contribution in [0.25, 0.3) is 0 Å². The maximum atomic E-state index is 12.0. The van der Waals surface area contributed by atoms with Gasteiger partial charge in [-0.2, -0.15) is 0 Å². The predicted molar refractivity (Wildman–Crippen MR) is 82.2 cm³/mol. The number of rotatable bonds is 6. The van der Waals surface area contributed by atoms with Gasteiger partial charge >= 0.3 is 0 Å². The minimum atomic E-state index is -0.283. The van der Waals surface area contributed by atoms with Crippen molar-refractivity contribution in [2.24, 2.45) is 0 Å². The highest BCUT2D eigenvalue weighted by Gasteiger charge is 2.10. The highest BCUT2D eigenvalue weighted by Crippen LogP contribution is 2.18. The number of carbonyl (C=O) groups is 2. The van der Waals surface area contributed by atoms with Gasteiger partial charge in [-0.25, -0.2) is 4.98 Å². The summed E-state index contributed by atoms with van der Waals surface area (Å²) in [7, 11) is 0. The lowest BCUT2D eigenvalue weighted by Gasteiger charge is -2.05. The minimum absolute atomic E-state index is 0.129. The van der Waals surface area contributed by atoms with Crippen LogP contribution in [0.3, 0.4) is 0 Å². The SMILES string of the molecule is C=CCOc1ccc(C(=O)Nc2nc(C(C)=O)cs2)cc1. The Morgan fingerprint density at radius 3 is 2.67 bits per heavy atom. The van der Waals surface area contributed by atoms with E-state index in [0.717, 1.165) is 0 Å². The van der Waals surface area contributed by atoms with E-state index in [0.29, 0.717) is 28.7 Å². The molecule has 1 amide bonds. The number of hydrogen-bond donors (Lipinski definition) is 1. The summed E-state index contributed by atoms with van der Waals surface area (Å²) in [5, 5.41) is 4.67. The van der Waals surface area contributed by atoms with Gasteiger partial charge in [0.15, 0.2) is 10.9 Å². The van der Waals surface area contributed by atoms with Gasteiger partial charge in [0.25, 0.3) is 5.91 Å². The summed E-state index contributed by atoms with van der Waals surface area (Å²) in [5.41, 5.74) is 0.837. The first-order valence-electron chi connectivity index (χ1n) is 6.21. The fraction of sp³-hybridized carbons (Fsp3) is 0.133. The first kappa shape index (κ1) is 14.9. The summed E-state index contributed by atoms with van der Waals surface area (Å²) >= 11 is 1.22. The molecule has 1 heterocycles. The molecule has 1 N–H and O–H groups in total. The van der Waals surface area contributed by atoms with Crippen molar-refractivity contribution < 1.29 is 14.3 Å².